The minimum absolute atomic E-state index is 0.180. The molecule has 1 saturated heterocycles. The van der Waals surface area contributed by atoms with Crippen molar-refractivity contribution in [3.63, 3.8) is 0 Å². The summed E-state index contributed by atoms with van der Waals surface area (Å²) in [6.45, 7) is 3.80. The molecule has 1 atom stereocenters. The normalized spacial score (nSPS) is 21.7. The number of carbonyl (C=O) groups is 1. The molecule has 0 saturated carbocycles. The van der Waals surface area contributed by atoms with Crippen LogP contribution in [0.5, 0.6) is 0 Å². The Labute approximate surface area is 90.7 Å². The molecule has 2 nitrogen and oxygen atoms in total. The second-order valence-electron chi connectivity index (χ2n) is 4.25. The van der Waals surface area contributed by atoms with Crippen LogP contribution >= 0.6 is 0 Å². The summed E-state index contributed by atoms with van der Waals surface area (Å²) in [5, 5.41) is 3.28. The molecule has 1 fully saturated rings. The zero-order chi connectivity index (χ0) is 10.7. The Balaban J connectivity index is 2.08. The Bertz CT molecular complexity index is 359. The predicted octanol–water partition coefficient (Wildman–Crippen LogP) is 1.72. The van der Waals surface area contributed by atoms with E-state index < -0.39 is 0 Å². The number of ketones is 1. The molecule has 0 bridgehead atoms. The Kier molecular flexibility index (Phi) is 3.17. The summed E-state index contributed by atoms with van der Waals surface area (Å²) in [6, 6.07) is 8.32. The Hall–Kier alpha value is -1.15. The van der Waals surface area contributed by atoms with Gasteiger partial charge >= 0.3 is 0 Å². The first-order valence-corrected chi connectivity index (χ1v) is 5.55. The van der Waals surface area contributed by atoms with Gasteiger partial charge in [-0.3, -0.25) is 4.79 Å². The molecule has 2 rings (SSSR count). The number of carbonyl (C=O) groups excluding carboxylic acids is 1. The molecule has 0 radical (unpaired) electrons. The van der Waals surface area contributed by atoms with E-state index >= 15 is 0 Å². The maximum absolute atomic E-state index is 11.7. The number of hydrogen-bond acceptors (Lipinski definition) is 2. The van der Waals surface area contributed by atoms with E-state index in [9.17, 15) is 4.79 Å². The largest absolute Gasteiger partial charge is 0.316 e. The number of aryl methyl sites for hydroxylation is 1. The summed E-state index contributed by atoms with van der Waals surface area (Å²) in [5.74, 6) is 0.594. The van der Waals surface area contributed by atoms with Gasteiger partial charge in [0.25, 0.3) is 0 Å². The quantitative estimate of drug-likeness (QED) is 0.793. The third-order valence-corrected chi connectivity index (χ3v) is 3.12. The highest BCUT2D eigenvalue weighted by Gasteiger charge is 2.22. The lowest BCUT2D eigenvalue weighted by molar-refractivity contribution is -0.123. The van der Waals surface area contributed by atoms with Gasteiger partial charge in [0.05, 0.1) is 0 Å². The van der Waals surface area contributed by atoms with Crippen LogP contribution < -0.4 is 5.32 Å². The predicted molar refractivity (Wildman–Crippen MR) is 60.9 cm³/mol. The molecule has 1 aliphatic heterocycles. The topological polar surface area (TPSA) is 29.1 Å². The SMILES string of the molecule is Cc1ccccc1CC1CNCCC1=O. The number of rotatable bonds is 2. The third-order valence-electron chi connectivity index (χ3n) is 3.12. The van der Waals surface area contributed by atoms with Crippen molar-refractivity contribution >= 4 is 5.78 Å². The van der Waals surface area contributed by atoms with Crippen molar-refractivity contribution in [2.75, 3.05) is 13.1 Å². The van der Waals surface area contributed by atoms with Crippen molar-refractivity contribution in [2.24, 2.45) is 5.92 Å². The van der Waals surface area contributed by atoms with Crippen molar-refractivity contribution in [1.29, 1.82) is 0 Å². The summed E-state index contributed by atoms with van der Waals surface area (Å²) < 4.78 is 0. The summed E-state index contributed by atoms with van der Waals surface area (Å²) >= 11 is 0. The Morgan fingerprint density at radius 2 is 2.20 bits per heavy atom. The summed E-state index contributed by atoms with van der Waals surface area (Å²) in [6.07, 6.45) is 1.58. The van der Waals surface area contributed by atoms with Crippen LogP contribution in [0, 0.1) is 12.8 Å². The third kappa shape index (κ3) is 2.45. The van der Waals surface area contributed by atoms with E-state index in [-0.39, 0.29) is 5.92 Å². The molecule has 0 amide bonds. The summed E-state index contributed by atoms with van der Waals surface area (Å²) in [7, 11) is 0. The number of Topliss-reactive ketones (excluding diaryl/α,β-unsaturated/α-hetero) is 1. The van der Waals surface area contributed by atoms with Crippen LogP contribution in [0.3, 0.4) is 0 Å². The fourth-order valence-corrected chi connectivity index (χ4v) is 2.10. The standard InChI is InChI=1S/C13H17NO/c1-10-4-2-3-5-11(10)8-12-9-14-7-6-13(12)15/h2-5,12,14H,6-9H2,1H3. The highest BCUT2D eigenvalue weighted by Crippen LogP contribution is 2.16. The smallest absolute Gasteiger partial charge is 0.138 e. The van der Waals surface area contributed by atoms with Gasteiger partial charge in [-0.15, -0.1) is 0 Å². The minimum Gasteiger partial charge on any atom is -0.316 e. The van der Waals surface area contributed by atoms with Crippen LogP contribution in [-0.4, -0.2) is 18.9 Å². The van der Waals surface area contributed by atoms with Crippen molar-refractivity contribution in [3.05, 3.63) is 35.4 Å². The Morgan fingerprint density at radius 3 is 2.93 bits per heavy atom. The molecule has 80 valence electrons. The van der Waals surface area contributed by atoms with E-state index in [0.29, 0.717) is 12.2 Å². The zero-order valence-electron chi connectivity index (χ0n) is 9.12. The average molecular weight is 203 g/mol. The first-order valence-electron chi connectivity index (χ1n) is 5.55. The summed E-state index contributed by atoms with van der Waals surface area (Å²) in [4.78, 5) is 11.7. The second kappa shape index (κ2) is 4.58. The molecule has 2 heteroatoms. The van der Waals surface area contributed by atoms with Gasteiger partial charge < -0.3 is 5.32 Å². The van der Waals surface area contributed by atoms with E-state index in [1.807, 2.05) is 12.1 Å². The lowest BCUT2D eigenvalue weighted by Crippen LogP contribution is -2.38. The number of hydrogen-bond donors (Lipinski definition) is 1. The molecule has 15 heavy (non-hydrogen) atoms. The van der Waals surface area contributed by atoms with Crippen LogP contribution in [0.4, 0.5) is 0 Å². The maximum atomic E-state index is 11.7. The van der Waals surface area contributed by atoms with Gasteiger partial charge in [0.15, 0.2) is 0 Å². The molecule has 1 aromatic rings. The van der Waals surface area contributed by atoms with Crippen molar-refractivity contribution in [1.82, 2.24) is 5.32 Å². The Morgan fingerprint density at radius 1 is 1.40 bits per heavy atom. The number of nitrogens with one attached hydrogen (secondary N) is 1. The fourth-order valence-electron chi connectivity index (χ4n) is 2.10. The van der Waals surface area contributed by atoms with Gasteiger partial charge in [0, 0.05) is 25.4 Å². The van der Waals surface area contributed by atoms with Crippen LogP contribution in [0.25, 0.3) is 0 Å². The van der Waals surface area contributed by atoms with Gasteiger partial charge in [-0.05, 0) is 24.5 Å². The first kappa shape index (κ1) is 10.4. The molecule has 1 aliphatic rings. The zero-order valence-corrected chi connectivity index (χ0v) is 9.12. The van der Waals surface area contributed by atoms with Gasteiger partial charge in [-0.25, -0.2) is 0 Å². The second-order valence-corrected chi connectivity index (χ2v) is 4.25. The molecule has 1 aromatic carbocycles. The van der Waals surface area contributed by atoms with Gasteiger partial charge in [-0.2, -0.15) is 0 Å². The number of piperidine rings is 1. The van der Waals surface area contributed by atoms with Gasteiger partial charge in [0.2, 0.25) is 0 Å². The molecule has 1 heterocycles. The number of benzene rings is 1. The van der Waals surface area contributed by atoms with E-state index in [0.717, 1.165) is 19.5 Å². The van der Waals surface area contributed by atoms with Crippen LogP contribution in [0.15, 0.2) is 24.3 Å². The molecular weight excluding hydrogens is 186 g/mol. The molecule has 0 aromatic heterocycles. The summed E-state index contributed by atoms with van der Waals surface area (Å²) in [5.41, 5.74) is 2.59. The van der Waals surface area contributed by atoms with Crippen LogP contribution in [-0.2, 0) is 11.2 Å². The van der Waals surface area contributed by atoms with E-state index in [4.69, 9.17) is 0 Å². The molecule has 1 unspecified atom stereocenters. The van der Waals surface area contributed by atoms with Gasteiger partial charge in [0.1, 0.15) is 5.78 Å². The molecular formula is C13H17NO. The van der Waals surface area contributed by atoms with Crippen LogP contribution in [0.2, 0.25) is 0 Å². The lowest BCUT2D eigenvalue weighted by Gasteiger charge is -2.22. The first-order chi connectivity index (χ1) is 7.27. The maximum Gasteiger partial charge on any atom is 0.138 e. The fraction of sp³-hybridized carbons (Fsp3) is 0.462. The van der Waals surface area contributed by atoms with Crippen molar-refractivity contribution in [2.45, 2.75) is 19.8 Å². The highest BCUT2D eigenvalue weighted by molar-refractivity contribution is 5.82. The molecule has 0 aliphatic carbocycles. The van der Waals surface area contributed by atoms with E-state index in [1.54, 1.807) is 0 Å². The van der Waals surface area contributed by atoms with Gasteiger partial charge in [-0.1, -0.05) is 24.3 Å². The van der Waals surface area contributed by atoms with E-state index in [1.165, 1.54) is 11.1 Å². The van der Waals surface area contributed by atoms with Crippen molar-refractivity contribution < 1.29 is 4.79 Å². The molecule has 1 N–H and O–H groups in total. The van der Waals surface area contributed by atoms with E-state index in [2.05, 4.69) is 24.4 Å². The minimum atomic E-state index is 0.180. The lowest BCUT2D eigenvalue weighted by atomic mass is 9.89. The van der Waals surface area contributed by atoms with Crippen molar-refractivity contribution in [3.8, 4) is 0 Å². The monoisotopic (exact) mass is 203 g/mol. The molecule has 0 spiro atoms. The average Bonchev–Trinajstić information content (AvgIpc) is 2.24. The van der Waals surface area contributed by atoms with Crippen LogP contribution in [0.1, 0.15) is 17.5 Å². The highest BCUT2D eigenvalue weighted by atomic mass is 16.1.